The van der Waals surface area contributed by atoms with E-state index in [0.29, 0.717) is 0 Å². The molecule has 0 unspecified atom stereocenters. The highest BCUT2D eigenvalue weighted by atomic mass is 19.4. The molecule has 2 amide bonds. The number of alkyl halides is 3. The summed E-state index contributed by atoms with van der Waals surface area (Å²) in [5.41, 5.74) is 4.73. The molecule has 0 bridgehead atoms. The molecule has 1 fully saturated rings. The van der Waals surface area contributed by atoms with E-state index in [0.717, 1.165) is 0 Å². The van der Waals surface area contributed by atoms with Crippen LogP contribution in [0.1, 0.15) is 12.8 Å². The van der Waals surface area contributed by atoms with Crippen LogP contribution in [0.15, 0.2) is 0 Å². The molecule has 0 aliphatic heterocycles. The van der Waals surface area contributed by atoms with Gasteiger partial charge < -0.3 is 11.1 Å². The average molecular weight is 182 g/mol. The molecular formula is C6H9F3N2O. The maximum Gasteiger partial charge on any atom is 0.391 e. The lowest BCUT2D eigenvalue weighted by Crippen LogP contribution is -2.50. The van der Waals surface area contributed by atoms with E-state index in [2.05, 4.69) is 5.32 Å². The van der Waals surface area contributed by atoms with Crippen molar-refractivity contribution in [3.05, 3.63) is 0 Å². The van der Waals surface area contributed by atoms with Gasteiger partial charge in [0.05, 0.1) is 5.92 Å². The lowest BCUT2D eigenvalue weighted by molar-refractivity contribution is -0.198. The van der Waals surface area contributed by atoms with Gasteiger partial charge in [-0.25, -0.2) is 4.79 Å². The summed E-state index contributed by atoms with van der Waals surface area (Å²) in [5, 5.41) is 2.22. The summed E-state index contributed by atoms with van der Waals surface area (Å²) in [4.78, 5) is 10.2. The van der Waals surface area contributed by atoms with Crippen LogP contribution >= 0.6 is 0 Å². The highest BCUT2D eigenvalue weighted by Gasteiger charge is 2.48. The van der Waals surface area contributed by atoms with Gasteiger partial charge in [-0.15, -0.1) is 0 Å². The van der Waals surface area contributed by atoms with Crippen LogP contribution in [-0.2, 0) is 0 Å². The van der Waals surface area contributed by atoms with Gasteiger partial charge in [-0.05, 0) is 12.8 Å². The Labute approximate surface area is 67.1 Å². The molecule has 12 heavy (non-hydrogen) atoms. The third kappa shape index (κ3) is 2.02. The molecule has 1 aliphatic rings. The van der Waals surface area contributed by atoms with Gasteiger partial charge in [-0.2, -0.15) is 13.2 Å². The first-order chi connectivity index (χ1) is 5.39. The molecule has 0 aromatic carbocycles. The van der Waals surface area contributed by atoms with Crippen molar-refractivity contribution in [3.63, 3.8) is 0 Å². The van der Waals surface area contributed by atoms with Crippen LogP contribution in [0.4, 0.5) is 18.0 Å². The zero-order valence-corrected chi connectivity index (χ0v) is 6.19. The van der Waals surface area contributed by atoms with Crippen molar-refractivity contribution < 1.29 is 18.0 Å². The summed E-state index contributed by atoms with van der Waals surface area (Å²) >= 11 is 0. The van der Waals surface area contributed by atoms with Crippen LogP contribution in [0.3, 0.4) is 0 Å². The second-order valence-electron chi connectivity index (χ2n) is 2.92. The van der Waals surface area contributed by atoms with Crippen LogP contribution < -0.4 is 11.1 Å². The zero-order chi connectivity index (χ0) is 9.35. The molecule has 3 nitrogen and oxygen atoms in total. The minimum absolute atomic E-state index is 0.0492. The van der Waals surface area contributed by atoms with Gasteiger partial charge >= 0.3 is 12.2 Å². The van der Waals surface area contributed by atoms with E-state index in [1.165, 1.54) is 0 Å². The molecule has 0 aromatic heterocycles. The van der Waals surface area contributed by atoms with E-state index in [9.17, 15) is 18.0 Å². The molecule has 1 aliphatic carbocycles. The lowest BCUT2D eigenvalue weighted by atomic mass is 9.80. The van der Waals surface area contributed by atoms with E-state index in [1.807, 2.05) is 0 Å². The summed E-state index contributed by atoms with van der Waals surface area (Å²) in [6.45, 7) is 0. The number of primary amides is 1. The molecule has 0 saturated heterocycles. The molecule has 6 heteroatoms. The van der Waals surface area contributed by atoms with Crippen LogP contribution in [0.2, 0.25) is 0 Å². The lowest BCUT2D eigenvalue weighted by Gasteiger charge is -2.36. The fourth-order valence-electron chi connectivity index (χ4n) is 1.20. The molecule has 0 radical (unpaired) electrons. The molecule has 0 heterocycles. The molecule has 3 N–H and O–H groups in total. The number of carbonyl (C=O) groups is 1. The second-order valence-corrected chi connectivity index (χ2v) is 2.92. The topological polar surface area (TPSA) is 55.1 Å². The highest BCUT2D eigenvalue weighted by Crippen LogP contribution is 2.40. The van der Waals surface area contributed by atoms with Gasteiger partial charge in [0.15, 0.2) is 0 Å². The minimum Gasteiger partial charge on any atom is -0.352 e. The third-order valence-electron chi connectivity index (χ3n) is 1.95. The van der Waals surface area contributed by atoms with Crippen molar-refractivity contribution in [3.8, 4) is 0 Å². The van der Waals surface area contributed by atoms with Gasteiger partial charge in [0.1, 0.15) is 0 Å². The molecule has 70 valence electrons. The highest BCUT2D eigenvalue weighted by molar-refractivity contribution is 5.72. The van der Waals surface area contributed by atoms with Crippen molar-refractivity contribution in [2.24, 2.45) is 11.7 Å². The van der Waals surface area contributed by atoms with Gasteiger partial charge in [0, 0.05) is 6.04 Å². The SMILES string of the molecule is NC(=O)NC1CC(C(F)(F)F)C1. The Morgan fingerprint density at radius 2 is 1.92 bits per heavy atom. The maximum atomic E-state index is 11.9. The van der Waals surface area contributed by atoms with Crippen molar-refractivity contribution in [2.45, 2.75) is 25.1 Å². The Morgan fingerprint density at radius 1 is 1.42 bits per heavy atom. The minimum atomic E-state index is -4.13. The first kappa shape index (κ1) is 9.15. The number of hydrogen-bond donors (Lipinski definition) is 2. The molecule has 1 saturated carbocycles. The van der Waals surface area contributed by atoms with Crippen molar-refractivity contribution >= 4 is 6.03 Å². The number of carbonyl (C=O) groups excluding carboxylic acids is 1. The first-order valence-electron chi connectivity index (χ1n) is 3.52. The van der Waals surface area contributed by atoms with E-state index < -0.39 is 24.2 Å². The van der Waals surface area contributed by atoms with E-state index in [-0.39, 0.29) is 12.8 Å². The molecule has 0 aromatic rings. The summed E-state index contributed by atoms with van der Waals surface area (Å²) in [7, 11) is 0. The summed E-state index contributed by atoms with van der Waals surface area (Å²) in [5.74, 6) is -1.27. The average Bonchev–Trinajstić information content (AvgIpc) is 1.73. The zero-order valence-electron chi connectivity index (χ0n) is 6.19. The molecule has 0 atom stereocenters. The fourth-order valence-corrected chi connectivity index (χ4v) is 1.20. The van der Waals surface area contributed by atoms with Gasteiger partial charge in [0.25, 0.3) is 0 Å². The number of amides is 2. The Morgan fingerprint density at radius 3 is 2.25 bits per heavy atom. The molecular weight excluding hydrogens is 173 g/mol. The van der Waals surface area contributed by atoms with Gasteiger partial charge in [-0.3, -0.25) is 0 Å². The standard InChI is InChI=1S/C6H9F3N2O/c7-6(8,9)3-1-4(2-3)11-5(10)12/h3-4H,1-2H2,(H3,10,11,12). The number of rotatable bonds is 1. The van der Waals surface area contributed by atoms with Crippen LogP contribution in [0, 0.1) is 5.92 Å². The quantitative estimate of drug-likeness (QED) is 0.624. The van der Waals surface area contributed by atoms with E-state index in [1.54, 1.807) is 0 Å². The van der Waals surface area contributed by atoms with E-state index in [4.69, 9.17) is 5.73 Å². The monoisotopic (exact) mass is 182 g/mol. The van der Waals surface area contributed by atoms with Crippen LogP contribution in [0.25, 0.3) is 0 Å². The summed E-state index contributed by atoms with van der Waals surface area (Å²) in [6.07, 6.45) is -4.23. The smallest absolute Gasteiger partial charge is 0.352 e. The van der Waals surface area contributed by atoms with Crippen LogP contribution in [0.5, 0.6) is 0 Å². The first-order valence-corrected chi connectivity index (χ1v) is 3.52. The molecule has 0 spiro atoms. The van der Waals surface area contributed by atoms with Crippen molar-refractivity contribution in [1.29, 1.82) is 0 Å². The summed E-state index contributed by atoms with van der Waals surface area (Å²) < 4.78 is 35.6. The Hall–Kier alpha value is -0.940. The van der Waals surface area contributed by atoms with Gasteiger partial charge in [-0.1, -0.05) is 0 Å². The third-order valence-corrected chi connectivity index (χ3v) is 1.95. The van der Waals surface area contributed by atoms with Crippen LogP contribution in [-0.4, -0.2) is 18.2 Å². The Balaban J connectivity index is 2.25. The second kappa shape index (κ2) is 2.84. The maximum absolute atomic E-state index is 11.9. The number of hydrogen-bond acceptors (Lipinski definition) is 1. The van der Waals surface area contributed by atoms with Crippen molar-refractivity contribution in [2.75, 3.05) is 0 Å². The Kier molecular flexibility index (Phi) is 2.16. The predicted molar refractivity (Wildman–Crippen MR) is 35.3 cm³/mol. The fraction of sp³-hybridized carbons (Fsp3) is 0.833. The number of nitrogens with one attached hydrogen (secondary N) is 1. The number of urea groups is 1. The largest absolute Gasteiger partial charge is 0.391 e. The normalized spacial score (nSPS) is 29.2. The van der Waals surface area contributed by atoms with E-state index >= 15 is 0 Å². The van der Waals surface area contributed by atoms with Gasteiger partial charge in [0.2, 0.25) is 0 Å². The number of halogens is 3. The Bertz CT molecular complexity index is 186. The summed E-state index contributed by atoms with van der Waals surface area (Å²) in [6, 6.07) is -1.16. The number of nitrogens with two attached hydrogens (primary N) is 1. The van der Waals surface area contributed by atoms with Crippen molar-refractivity contribution in [1.82, 2.24) is 5.32 Å². The predicted octanol–water partition coefficient (Wildman–Crippen LogP) is 0.996. The molecule has 1 rings (SSSR count).